The number of hydrogen-bond donors (Lipinski definition) is 0. The molecule has 0 unspecified atom stereocenters. The molecule has 126 valence electrons. The summed E-state index contributed by atoms with van der Waals surface area (Å²) in [6.45, 7) is 3.39. The average Bonchev–Trinajstić information content (AvgIpc) is 3.08. The minimum absolute atomic E-state index is 0.00359. The maximum Gasteiger partial charge on any atom is 0.253 e. The number of piperazine rings is 1. The predicted molar refractivity (Wildman–Crippen MR) is 89.3 cm³/mol. The summed E-state index contributed by atoms with van der Waals surface area (Å²) < 4.78 is 23.0. The quantitative estimate of drug-likeness (QED) is 0.844. The Hall–Kier alpha value is -1.40. The van der Waals surface area contributed by atoms with Gasteiger partial charge in [0, 0.05) is 44.0 Å². The molecule has 2 aliphatic rings. The van der Waals surface area contributed by atoms with E-state index >= 15 is 0 Å². The average molecular weight is 336 g/mol. The number of amides is 1. The normalized spacial score (nSPS) is 20.8. The van der Waals surface area contributed by atoms with Crippen LogP contribution in [0.4, 0.5) is 0 Å². The third kappa shape index (κ3) is 3.75. The second kappa shape index (κ2) is 6.61. The van der Waals surface area contributed by atoms with Gasteiger partial charge in [0.15, 0.2) is 9.84 Å². The fourth-order valence-electron chi connectivity index (χ4n) is 3.59. The smallest absolute Gasteiger partial charge is 0.253 e. The molecule has 0 bridgehead atoms. The van der Waals surface area contributed by atoms with E-state index in [0.29, 0.717) is 11.6 Å². The molecule has 6 heteroatoms. The van der Waals surface area contributed by atoms with Gasteiger partial charge in [-0.25, -0.2) is 8.42 Å². The molecule has 1 saturated heterocycles. The van der Waals surface area contributed by atoms with Crippen molar-refractivity contribution in [2.75, 3.05) is 32.4 Å². The summed E-state index contributed by atoms with van der Waals surface area (Å²) in [6.07, 6.45) is 6.42. The molecule has 1 aromatic rings. The molecule has 23 heavy (non-hydrogen) atoms. The van der Waals surface area contributed by atoms with Gasteiger partial charge in [0.05, 0.1) is 4.90 Å². The summed E-state index contributed by atoms with van der Waals surface area (Å²) >= 11 is 0. The maximum absolute atomic E-state index is 12.5. The summed E-state index contributed by atoms with van der Waals surface area (Å²) in [6, 6.07) is 6.96. The molecule has 0 spiro atoms. The van der Waals surface area contributed by atoms with Crippen molar-refractivity contribution in [1.29, 1.82) is 0 Å². The molecule has 0 atom stereocenters. The highest BCUT2D eigenvalue weighted by Gasteiger charge is 2.28. The highest BCUT2D eigenvalue weighted by molar-refractivity contribution is 7.90. The number of carbonyl (C=O) groups excluding carboxylic acids is 1. The first-order valence-corrected chi connectivity index (χ1v) is 10.2. The van der Waals surface area contributed by atoms with Gasteiger partial charge in [-0.15, -0.1) is 0 Å². The predicted octanol–water partition coefficient (Wildman–Crippen LogP) is 1.79. The Morgan fingerprint density at radius 1 is 1.00 bits per heavy atom. The van der Waals surface area contributed by atoms with Gasteiger partial charge >= 0.3 is 0 Å². The van der Waals surface area contributed by atoms with E-state index < -0.39 is 9.84 Å². The maximum atomic E-state index is 12.5. The van der Waals surface area contributed by atoms with Crippen LogP contribution in [0.25, 0.3) is 0 Å². The molecule has 0 N–H and O–H groups in total. The van der Waals surface area contributed by atoms with E-state index in [4.69, 9.17) is 0 Å². The van der Waals surface area contributed by atoms with E-state index in [1.807, 2.05) is 4.90 Å². The standard InChI is InChI=1S/C17H24N2O3S/c1-23(21,22)16-8-6-14(7-9-16)17(20)19-12-10-18(11-13-19)15-4-2-3-5-15/h6-9,15H,2-5,10-13H2,1H3. The van der Waals surface area contributed by atoms with Crippen LogP contribution in [0.2, 0.25) is 0 Å². The summed E-state index contributed by atoms with van der Waals surface area (Å²) in [5.41, 5.74) is 0.562. The van der Waals surface area contributed by atoms with Crippen molar-refractivity contribution in [3.63, 3.8) is 0 Å². The van der Waals surface area contributed by atoms with Gasteiger partial charge in [-0.05, 0) is 37.1 Å². The van der Waals surface area contributed by atoms with E-state index in [9.17, 15) is 13.2 Å². The van der Waals surface area contributed by atoms with Crippen LogP contribution in [-0.2, 0) is 9.84 Å². The first-order valence-electron chi connectivity index (χ1n) is 8.28. The van der Waals surface area contributed by atoms with E-state index in [1.165, 1.54) is 44.1 Å². The van der Waals surface area contributed by atoms with Crippen molar-refractivity contribution in [3.8, 4) is 0 Å². The Morgan fingerprint density at radius 2 is 1.57 bits per heavy atom. The minimum atomic E-state index is -3.22. The summed E-state index contributed by atoms with van der Waals surface area (Å²) in [4.78, 5) is 17.2. The van der Waals surface area contributed by atoms with E-state index in [0.717, 1.165) is 26.2 Å². The number of rotatable bonds is 3. The van der Waals surface area contributed by atoms with E-state index in [2.05, 4.69) is 4.90 Å². The fourth-order valence-corrected chi connectivity index (χ4v) is 4.22. The zero-order valence-electron chi connectivity index (χ0n) is 13.6. The van der Waals surface area contributed by atoms with E-state index in [1.54, 1.807) is 12.1 Å². The molecule has 0 aromatic heterocycles. The van der Waals surface area contributed by atoms with E-state index in [-0.39, 0.29) is 10.8 Å². The van der Waals surface area contributed by atoms with Crippen LogP contribution in [0.3, 0.4) is 0 Å². The van der Waals surface area contributed by atoms with Gasteiger partial charge in [0.25, 0.3) is 5.91 Å². The van der Waals surface area contributed by atoms with Crippen molar-refractivity contribution in [3.05, 3.63) is 29.8 Å². The lowest BCUT2D eigenvalue weighted by Gasteiger charge is -2.38. The number of sulfone groups is 1. The van der Waals surface area contributed by atoms with Crippen molar-refractivity contribution < 1.29 is 13.2 Å². The van der Waals surface area contributed by atoms with Crippen LogP contribution in [0.15, 0.2) is 29.2 Å². The molecule has 1 heterocycles. The Labute approximate surface area is 138 Å². The first kappa shape index (κ1) is 16.5. The highest BCUT2D eigenvalue weighted by Crippen LogP contribution is 2.24. The van der Waals surface area contributed by atoms with Crippen molar-refractivity contribution in [2.24, 2.45) is 0 Å². The van der Waals surface area contributed by atoms with Gasteiger partial charge < -0.3 is 4.90 Å². The van der Waals surface area contributed by atoms with Crippen LogP contribution >= 0.6 is 0 Å². The lowest BCUT2D eigenvalue weighted by Crippen LogP contribution is -2.51. The van der Waals surface area contributed by atoms with Crippen LogP contribution in [0.5, 0.6) is 0 Å². The van der Waals surface area contributed by atoms with Crippen molar-refractivity contribution in [2.45, 2.75) is 36.6 Å². The number of carbonyl (C=O) groups is 1. The van der Waals surface area contributed by atoms with Gasteiger partial charge in [-0.1, -0.05) is 12.8 Å². The molecular weight excluding hydrogens is 312 g/mol. The third-order valence-electron chi connectivity index (χ3n) is 4.97. The van der Waals surface area contributed by atoms with Gasteiger partial charge in [-0.2, -0.15) is 0 Å². The third-order valence-corrected chi connectivity index (χ3v) is 6.10. The number of hydrogen-bond acceptors (Lipinski definition) is 4. The topological polar surface area (TPSA) is 57.7 Å². The summed E-state index contributed by atoms with van der Waals surface area (Å²) in [5, 5.41) is 0. The largest absolute Gasteiger partial charge is 0.336 e. The van der Waals surface area contributed by atoms with Gasteiger partial charge in [0.1, 0.15) is 0 Å². The lowest BCUT2D eigenvalue weighted by atomic mass is 10.1. The first-order chi connectivity index (χ1) is 10.9. The SMILES string of the molecule is CS(=O)(=O)c1ccc(C(=O)N2CCN(C3CCCC3)CC2)cc1. The molecular formula is C17H24N2O3S. The van der Waals surface area contributed by atoms with Gasteiger partial charge in [-0.3, -0.25) is 9.69 Å². The van der Waals surface area contributed by atoms with Crippen LogP contribution in [-0.4, -0.2) is 62.6 Å². The Kier molecular flexibility index (Phi) is 4.73. The van der Waals surface area contributed by atoms with Crippen LogP contribution < -0.4 is 0 Å². The fraction of sp³-hybridized carbons (Fsp3) is 0.588. The number of benzene rings is 1. The Morgan fingerprint density at radius 3 is 2.09 bits per heavy atom. The lowest BCUT2D eigenvalue weighted by molar-refractivity contribution is 0.0573. The van der Waals surface area contributed by atoms with Crippen molar-refractivity contribution >= 4 is 15.7 Å². The van der Waals surface area contributed by atoms with Gasteiger partial charge in [0.2, 0.25) is 0 Å². The minimum Gasteiger partial charge on any atom is -0.336 e. The molecule has 1 amide bonds. The Bertz CT molecular complexity index is 656. The molecule has 1 saturated carbocycles. The monoisotopic (exact) mass is 336 g/mol. The van der Waals surface area contributed by atoms with Crippen LogP contribution in [0.1, 0.15) is 36.0 Å². The molecule has 0 radical (unpaired) electrons. The molecule has 3 rings (SSSR count). The second-order valence-corrected chi connectivity index (χ2v) is 8.58. The highest BCUT2D eigenvalue weighted by atomic mass is 32.2. The summed E-state index contributed by atoms with van der Waals surface area (Å²) in [5.74, 6) is -0.00359. The molecule has 5 nitrogen and oxygen atoms in total. The molecule has 1 aliphatic heterocycles. The molecule has 1 aliphatic carbocycles. The Balaban J connectivity index is 1.60. The molecule has 1 aromatic carbocycles. The second-order valence-electron chi connectivity index (χ2n) is 6.56. The van der Waals surface area contributed by atoms with Crippen molar-refractivity contribution in [1.82, 2.24) is 9.80 Å². The number of nitrogens with zero attached hydrogens (tertiary/aromatic N) is 2. The molecule has 2 fully saturated rings. The summed E-state index contributed by atoms with van der Waals surface area (Å²) in [7, 11) is -3.22. The van der Waals surface area contributed by atoms with Crippen LogP contribution in [0, 0.1) is 0 Å². The zero-order chi connectivity index (χ0) is 16.4. The zero-order valence-corrected chi connectivity index (χ0v) is 14.4.